The maximum Gasteiger partial charge on any atom is 0.0887 e. The summed E-state index contributed by atoms with van der Waals surface area (Å²) in [4.78, 5) is 5.25. The second kappa shape index (κ2) is 5.72. The maximum atomic E-state index is 11.3. The quantitative estimate of drug-likeness (QED) is 0.816. The second-order valence-corrected chi connectivity index (χ2v) is 8.48. The second-order valence-electron chi connectivity index (χ2n) is 8.48. The first kappa shape index (κ1) is 16.4. The van der Waals surface area contributed by atoms with Gasteiger partial charge in [-0.15, -0.1) is 0 Å². The Kier molecular flexibility index (Phi) is 3.90. The third-order valence-corrected chi connectivity index (χ3v) is 6.63. The van der Waals surface area contributed by atoms with Crippen molar-refractivity contribution in [2.75, 3.05) is 31.9 Å². The van der Waals surface area contributed by atoms with Gasteiger partial charge in [-0.3, -0.25) is 9.80 Å². The molecule has 0 radical (unpaired) electrons. The molecule has 4 bridgehead atoms. The lowest BCUT2D eigenvalue weighted by molar-refractivity contribution is -0.268. The zero-order valence-electron chi connectivity index (χ0n) is 15.0. The van der Waals surface area contributed by atoms with Gasteiger partial charge in [-0.1, -0.05) is 38.8 Å². The van der Waals surface area contributed by atoms with E-state index < -0.39 is 0 Å². The van der Waals surface area contributed by atoms with Crippen molar-refractivity contribution in [2.24, 2.45) is 10.8 Å². The molecule has 4 aliphatic rings. The molecule has 4 aliphatic heterocycles. The molecule has 0 aromatic heterocycles. The molecular weight excluding hydrogens is 298 g/mol. The van der Waals surface area contributed by atoms with E-state index in [1.165, 1.54) is 5.56 Å². The number of nitrogen functional groups attached to an aromatic ring is 1. The molecule has 4 saturated heterocycles. The first-order valence-electron chi connectivity index (χ1n) is 9.55. The van der Waals surface area contributed by atoms with Crippen molar-refractivity contribution in [1.82, 2.24) is 9.80 Å². The molecule has 1 aromatic rings. The molecule has 4 heterocycles. The van der Waals surface area contributed by atoms with E-state index in [0.717, 1.165) is 57.5 Å². The largest absolute Gasteiger partial charge is 0.399 e. The third kappa shape index (κ3) is 2.23. The van der Waals surface area contributed by atoms with Crippen LogP contribution in [0.2, 0.25) is 0 Å². The molecule has 0 spiro atoms. The van der Waals surface area contributed by atoms with Crippen LogP contribution in [0.1, 0.15) is 51.3 Å². The minimum Gasteiger partial charge on any atom is -0.399 e. The van der Waals surface area contributed by atoms with Gasteiger partial charge >= 0.3 is 0 Å². The van der Waals surface area contributed by atoms with Gasteiger partial charge in [-0.05, 0) is 30.5 Å². The normalized spacial score (nSPS) is 43.3. The highest BCUT2D eigenvalue weighted by molar-refractivity contribution is 5.42. The molecule has 0 amide bonds. The lowest BCUT2D eigenvalue weighted by Gasteiger charge is -2.70. The van der Waals surface area contributed by atoms with Gasteiger partial charge in [0.05, 0.1) is 12.3 Å². The molecule has 0 saturated carbocycles. The Bertz CT molecular complexity index is 575. The molecule has 0 aliphatic carbocycles. The van der Waals surface area contributed by atoms with Crippen LogP contribution in [0, 0.1) is 10.8 Å². The summed E-state index contributed by atoms with van der Waals surface area (Å²) in [5.74, 6) is 0. The van der Waals surface area contributed by atoms with E-state index in [0.29, 0.717) is 6.17 Å². The van der Waals surface area contributed by atoms with Gasteiger partial charge in [0.15, 0.2) is 0 Å². The number of aliphatic hydroxyl groups excluding tert-OH is 1. The zero-order chi connectivity index (χ0) is 16.9. The van der Waals surface area contributed by atoms with Crippen LogP contribution in [0.4, 0.5) is 5.69 Å². The van der Waals surface area contributed by atoms with Gasteiger partial charge in [0, 0.05) is 42.7 Å². The average Bonchev–Trinajstić information content (AvgIpc) is 2.52. The fourth-order valence-corrected chi connectivity index (χ4v) is 6.13. The van der Waals surface area contributed by atoms with Crippen molar-refractivity contribution in [3.05, 3.63) is 29.8 Å². The zero-order valence-corrected chi connectivity index (χ0v) is 15.0. The summed E-state index contributed by atoms with van der Waals surface area (Å²) >= 11 is 0. The van der Waals surface area contributed by atoms with Crippen LogP contribution in [-0.4, -0.2) is 47.2 Å². The number of hydrogen-bond acceptors (Lipinski definition) is 4. The molecule has 4 fully saturated rings. The molecule has 24 heavy (non-hydrogen) atoms. The number of nitrogens with zero attached hydrogens (tertiary/aromatic N) is 2. The van der Waals surface area contributed by atoms with Crippen molar-refractivity contribution < 1.29 is 5.11 Å². The van der Waals surface area contributed by atoms with Crippen molar-refractivity contribution in [2.45, 2.75) is 51.8 Å². The van der Waals surface area contributed by atoms with E-state index in [-0.39, 0.29) is 16.9 Å². The highest BCUT2D eigenvalue weighted by Gasteiger charge is 2.64. The number of rotatable bonds is 5. The molecule has 132 valence electrons. The van der Waals surface area contributed by atoms with Crippen LogP contribution in [0.3, 0.4) is 0 Å². The average molecular weight is 329 g/mol. The topological polar surface area (TPSA) is 52.7 Å². The molecule has 0 unspecified atom stereocenters. The number of anilines is 1. The first-order chi connectivity index (χ1) is 11.5. The highest BCUT2D eigenvalue weighted by Crippen LogP contribution is 2.57. The monoisotopic (exact) mass is 329 g/mol. The van der Waals surface area contributed by atoms with Crippen LogP contribution < -0.4 is 5.73 Å². The lowest BCUT2D eigenvalue weighted by Crippen LogP contribution is -2.78. The van der Waals surface area contributed by atoms with Gasteiger partial charge in [-0.2, -0.15) is 0 Å². The lowest BCUT2D eigenvalue weighted by atomic mass is 9.56. The Morgan fingerprint density at radius 1 is 1.04 bits per heavy atom. The Balaban J connectivity index is 1.72. The Hall–Kier alpha value is -1.10. The van der Waals surface area contributed by atoms with Crippen LogP contribution >= 0.6 is 0 Å². The third-order valence-electron chi connectivity index (χ3n) is 6.63. The summed E-state index contributed by atoms with van der Waals surface area (Å²) in [6.45, 7) is 8.56. The van der Waals surface area contributed by atoms with Crippen LogP contribution in [-0.2, 0) is 0 Å². The minimum atomic E-state index is -0.154. The number of nitrogens with two attached hydrogens (primary N) is 1. The Morgan fingerprint density at radius 2 is 1.58 bits per heavy atom. The molecule has 5 rings (SSSR count). The van der Waals surface area contributed by atoms with Gasteiger partial charge in [0.2, 0.25) is 0 Å². The Morgan fingerprint density at radius 3 is 2.04 bits per heavy atom. The number of aliphatic hydroxyl groups is 1. The van der Waals surface area contributed by atoms with Gasteiger partial charge < -0.3 is 10.8 Å². The number of hydrogen-bond donors (Lipinski definition) is 2. The van der Waals surface area contributed by atoms with Crippen molar-refractivity contribution in [3.63, 3.8) is 0 Å². The van der Waals surface area contributed by atoms with Crippen molar-refractivity contribution in [1.29, 1.82) is 0 Å². The summed E-state index contributed by atoms with van der Waals surface area (Å²) in [5.41, 5.74) is 8.30. The highest BCUT2D eigenvalue weighted by atomic mass is 16.3. The summed E-state index contributed by atoms with van der Waals surface area (Å²) < 4.78 is 0. The van der Waals surface area contributed by atoms with Crippen molar-refractivity contribution in [3.8, 4) is 0 Å². The van der Waals surface area contributed by atoms with E-state index in [4.69, 9.17) is 5.73 Å². The van der Waals surface area contributed by atoms with E-state index in [1.807, 2.05) is 6.07 Å². The molecular formula is C20H31N3O. The molecule has 1 aromatic carbocycles. The van der Waals surface area contributed by atoms with Crippen LogP contribution in [0.25, 0.3) is 0 Å². The van der Waals surface area contributed by atoms with E-state index in [2.05, 4.69) is 41.8 Å². The molecule has 3 N–H and O–H groups in total. The SMILES string of the molecule is CCCC12CN3CC(CCC)(CN(C1)C3c1cccc(N)c1)C2O. The smallest absolute Gasteiger partial charge is 0.0887 e. The predicted molar refractivity (Wildman–Crippen MR) is 97.4 cm³/mol. The van der Waals surface area contributed by atoms with Gasteiger partial charge in [0.25, 0.3) is 0 Å². The van der Waals surface area contributed by atoms with Gasteiger partial charge in [-0.25, -0.2) is 0 Å². The summed E-state index contributed by atoms with van der Waals surface area (Å²) in [5, 5.41) is 11.3. The minimum absolute atomic E-state index is 0.0528. The molecule has 4 nitrogen and oxygen atoms in total. The van der Waals surface area contributed by atoms with E-state index >= 15 is 0 Å². The summed E-state index contributed by atoms with van der Waals surface area (Å²) in [7, 11) is 0. The molecule has 4 heteroatoms. The van der Waals surface area contributed by atoms with Crippen molar-refractivity contribution >= 4 is 5.69 Å². The van der Waals surface area contributed by atoms with Gasteiger partial charge in [0.1, 0.15) is 0 Å². The van der Waals surface area contributed by atoms with E-state index in [1.54, 1.807) is 0 Å². The summed E-state index contributed by atoms with van der Waals surface area (Å²) in [6.07, 6.45) is 4.70. The fourth-order valence-electron chi connectivity index (χ4n) is 6.13. The summed E-state index contributed by atoms with van der Waals surface area (Å²) in [6, 6.07) is 8.36. The van der Waals surface area contributed by atoms with Crippen LogP contribution in [0.5, 0.6) is 0 Å². The number of benzene rings is 1. The van der Waals surface area contributed by atoms with E-state index in [9.17, 15) is 5.11 Å². The predicted octanol–water partition coefficient (Wildman–Crippen LogP) is 2.85. The van der Waals surface area contributed by atoms with Crippen LogP contribution in [0.15, 0.2) is 24.3 Å². The standard InChI is InChI=1S/C20H31N3O/c1-3-8-19-11-22-13-20(9-4-2,18(19)24)14-23(12-19)17(22)15-6-5-7-16(21)10-15/h5-7,10,17-18,24H,3-4,8-9,11-14,21H2,1-2H3. The number of piperidine rings is 2. The first-order valence-corrected chi connectivity index (χ1v) is 9.55. The maximum absolute atomic E-state index is 11.3. The fraction of sp³-hybridized carbons (Fsp3) is 0.700. The molecule has 0 atom stereocenters. The Labute approximate surface area is 145 Å².